The van der Waals surface area contributed by atoms with E-state index in [0.717, 1.165) is 0 Å². The fourth-order valence-electron chi connectivity index (χ4n) is 6.26. The van der Waals surface area contributed by atoms with Crippen molar-refractivity contribution < 1.29 is 28.6 Å². The summed E-state index contributed by atoms with van der Waals surface area (Å²) in [6, 6.07) is 6.04. The number of rotatable bonds is 7. The fraction of sp³-hybridized carbons (Fsp3) is 0.517. The minimum atomic E-state index is -1.76. The number of carbonyl (C=O) groups is 2. The standard InChI is InChI=1S/C29H33BrClFN4O5/c1-27(2,3)11-20-29(14-33,19-10-9-15(30)12-35-19)21(16-7-6-8-17(31)22(16)32)24(26(38)39)36(20)23(25(34)37)18-13-40-28(4,5)41-18/h6-10,12,18,20-21,23-24H,11,13H2,1-5H3,(H2,34,37)(H,38,39)/t18-,20+,21+,23?,24-,29+/m1/s1. The van der Waals surface area contributed by atoms with Crippen LogP contribution in [0.25, 0.3) is 0 Å². The van der Waals surface area contributed by atoms with Crippen LogP contribution in [0.5, 0.6) is 0 Å². The van der Waals surface area contributed by atoms with Crippen molar-refractivity contribution >= 4 is 39.4 Å². The smallest absolute Gasteiger partial charge is 0.321 e. The Kier molecular flexibility index (Phi) is 8.58. The van der Waals surface area contributed by atoms with Gasteiger partial charge in [-0.15, -0.1) is 0 Å². The number of hydrogen-bond donors (Lipinski definition) is 2. The summed E-state index contributed by atoms with van der Waals surface area (Å²) >= 11 is 9.56. The van der Waals surface area contributed by atoms with Crippen LogP contribution < -0.4 is 5.73 Å². The molecule has 2 aromatic rings. The van der Waals surface area contributed by atoms with Gasteiger partial charge in [-0.25, -0.2) is 4.39 Å². The third kappa shape index (κ3) is 5.73. The van der Waals surface area contributed by atoms with Crippen molar-refractivity contribution in [3.8, 4) is 6.07 Å². The highest BCUT2D eigenvalue weighted by molar-refractivity contribution is 9.10. The van der Waals surface area contributed by atoms with Gasteiger partial charge in [-0.05, 0) is 65.4 Å². The molecule has 2 aliphatic heterocycles. The van der Waals surface area contributed by atoms with Crippen molar-refractivity contribution in [3.05, 3.63) is 63.1 Å². The lowest BCUT2D eigenvalue weighted by Gasteiger charge is -2.41. The molecule has 1 aromatic carbocycles. The zero-order valence-electron chi connectivity index (χ0n) is 23.4. The maximum Gasteiger partial charge on any atom is 0.321 e. The molecule has 1 amide bonds. The zero-order valence-corrected chi connectivity index (χ0v) is 25.7. The van der Waals surface area contributed by atoms with E-state index < -0.39 is 64.5 Å². The Labute approximate surface area is 251 Å². The van der Waals surface area contributed by atoms with Crippen LogP contribution in [-0.2, 0) is 24.5 Å². The monoisotopic (exact) mass is 650 g/mol. The predicted molar refractivity (Wildman–Crippen MR) is 152 cm³/mol. The molecule has 0 saturated carbocycles. The number of carbonyl (C=O) groups excluding carboxylic acids is 1. The van der Waals surface area contributed by atoms with Crippen molar-refractivity contribution in [2.75, 3.05) is 6.61 Å². The highest BCUT2D eigenvalue weighted by atomic mass is 79.9. The van der Waals surface area contributed by atoms with Gasteiger partial charge in [0.05, 0.1) is 23.4 Å². The second kappa shape index (κ2) is 11.2. The zero-order chi connectivity index (χ0) is 30.5. The number of hydrogen-bond acceptors (Lipinski definition) is 7. The maximum absolute atomic E-state index is 15.9. The number of halogens is 3. The summed E-state index contributed by atoms with van der Waals surface area (Å²) in [7, 11) is 0. The molecule has 1 unspecified atom stereocenters. The lowest BCUT2D eigenvalue weighted by molar-refractivity contribution is -0.159. The van der Waals surface area contributed by atoms with E-state index in [4.69, 9.17) is 26.8 Å². The van der Waals surface area contributed by atoms with Crippen molar-refractivity contribution in [2.24, 2.45) is 11.1 Å². The molecule has 6 atom stereocenters. The van der Waals surface area contributed by atoms with Crippen LogP contribution in [0, 0.1) is 22.6 Å². The molecule has 0 aliphatic carbocycles. The van der Waals surface area contributed by atoms with Crippen molar-refractivity contribution in [2.45, 2.75) is 82.4 Å². The number of pyridine rings is 1. The summed E-state index contributed by atoms with van der Waals surface area (Å²) in [5.74, 6) is -5.48. The molecule has 3 heterocycles. The Bertz CT molecular complexity index is 1380. The molecule has 2 saturated heterocycles. The summed E-state index contributed by atoms with van der Waals surface area (Å²) in [6.07, 6.45) is 0.764. The lowest BCUT2D eigenvalue weighted by atomic mass is 9.64. The van der Waals surface area contributed by atoms with Crippen LogP contribution in [0.2, 0.25) is 5.02 Å². The second-order valence-corrected chi connectivity index (χ2v) is 13.5. The van der Waals surface area contributed by atoms with Gasteiger partial charge in [0.25, 0.3) is 0 Å². The number of benzene rings is 1. The van der Waals surface area contributed by atoms with Gasteiger partial charge in [0.2, 0.25) is 5.91 Å². The summed E-state index contributed by atoms with van der Waals surface area (Å²) in [5.41, 5.74) is 3.89. The van der Waals surface area contributed by atoms with Gasteiger partial charge in [-0.3, -0.25) is 19.5 Å². The molecule has 220 valence electrons. The third-order valence-electron chi connectivity index (χ3n) is 7.72. The van der Waals surface area contributed by atoms with Crippen molar-refractivity contribution in [1.82, 2.24) is 9.88 Å². The first-order valence-electron chi connectivity index (χ1n) is 13.1. The number of aromatic nitrogens is 1. The first kappa shape index (κ1) is 31.3. The molecule has 2 fully saturated rings. The first-order valence-corrected chi connectivity index (χ1v) is 14.3. The second-order valence-electron chi connectivity index (χ2n) is 12.2. The normalized spacial score (nSPS) is 28.8. The number of nitrogens with two attached hydrogens (primary N) is 1. The van der Waals surface area contributed by atoms with E-state index in [9.17, 15) is 20.0 Å². The molecule has 1 aromatic heterocycles. The number of primary amides is 1. The van der Waals surface area contributed by atoms with Crippen LogP contribution in [0.1, 0.15) is 58.2 Å². The Morgan fingerprint density at radius 1 is 1.34 bits per heavy atom. The Morgan fingerprint density at radius 3 is 2.51 bits per heavy atom. The van der Waals surface area contributed by atoms with E-state index in [0.29, 0.717) is 4.47 Å². The number of nitriles is 1. The van der Waals surface area contributed by atoms with Crippen molar-refractivity contribution in [3.63, 3.8) is 0 Å². The number of nitrogens with zero attached hydrogens (tertiary/aromatic N) is 3. The summed E-state index contributed by atoms with van der Waals surface area (Å²) in [4.78, 5) is 32.5. The summed E-state index contributed by atoms with van der Waals surface area (Å²) in [6.45, 7) is 9.10. The Hall–Kier alpha value is -2.62. The lowest BCUT2D eigenvalue weighted by Crippen LogP contribution is -2.60. The molecule has 0 spiro atoms. The van der Waals surface area contributed by atoms with E-state index in [1.807, 2.05) is 20.8 Å². The highest BCUT2D eigenvalue weighted by Crippen LogP contribution is 2.56. The molecule has 12 heteroatoms. The topological polar surface area (TPSA) is 139 Å². The Balaban J connectivity index is 2.11. The van der Waals surface area contributed by atoms with Crippen LogP contribution >= 0.6 is 27.5 Å². The quantitative estimate of drug-likeness (QED) is 0.437. The number of aliphatic carboxylic acids is 1. The number of carboxylic acids is 1. The fourth-order valence-corrected chi connectivity index (χ4v) is 6.68. The Morgan fingerprint density at radius 2 is 2.02 bits per heavy atom. The van der Waals surface area contributed by atoms with E-state index in [2.05, 4.69) is 27.0 Å². The van der Waals surface area contributed by atoms with Gasteiger partial charge in [0.1, 0.15) is 29.4 Å². The van der Waals surface area contributed by atoms with Gasteiger partial charge in [-0.1, -0.05) is 44.5 Å². The summed E-state index contributed by atoms with van der Waals surface area (Å²) in [5, 5.41) is 21.7. The van der Waals surface area contributed by atoms with Crippen LogP contribution in [0.3, 0.4) is 0 Å². The largest absolute Gasteiger partial charge is 0.480 e. The molecule has 3 N–H and O–H groups in total. The third-order valence-corrected chi connectivity index (χ3v) is 8.48. The molecule has 9 nitrogen and oxygen atoms in total. The number of carboxylic acid groups (broad SMARTS) is 1. The number of likely N-dealkylation sites (tertiary alicyclic amines) is 1. The van der Waals surface area contributed by atoms with E-state index in [1.165, 1.54) is 29.3 Å². The number of ether oxygens (including phenoxy) is 2. The van der Waals surface area contributed by atoms with E-state index in [1.54, 1.807) is 26.0 Å². The number of amides is 1. The van der Waals surface area contributed by atoms with Gasteiger partial charge < -0.3 is 20.3 Å². The molecule has 0 bridgehead atoms. The molecule has 2 aliphatic rings. The average molecular weight is 652 g/mol. The molecule has 41 heavy (non-hydrogen) atoms. The molecular weight excluding hydrogens is 619 g/mol. The van der Waals surface area contributed by atoms with Gasteiger partial charge >= 0.3 is 5.97 Å². The van der Waals surface area contributed by atoms with E-state index >= 15 is 4.39 Å². The van der Waals surface area contributed by atoms with E-state index in [-0.39, 0.29) is 29.3 Å². The molecular formula is C29H33BrClFN4O5. The minimum Gasteiger partial charge on any atom is -0.480 e. The molecule has 4 rings (SSSR count). The maximum atomic E-state index is 15.9. The highest BCUT2D eigenvalue weighted by Gasteiger charge is 2.68. The van der Waals surface area contributed by atoms with Gasteiger partial charge in [0, 0.05) is 22.6 Å². The summed E-state index contributed by atoms with van der Waals surface area (Å²) < 4.78 is 28.3. The van der Waals surface area contributed by atoms with Gasteiger partial charge in [0.15, 0.2) is 5.79 Å². The average Bonchev–Trinajstić information content (AvgIpc) is 3.35. The molecule has 0 radical (unpaired) electrons. The van der Waals surface area contributed by atoms with Crippen molar-refractivity contribution in [1.29, 1.82) is 5.26 Å². The van der Waals surface area contributed by atoms with Crippen LogP contribution in [0.4, 0.5) is 4.39 Å². The van der Waals surface area contributed by atoms with Crippen LogP contribution in [0.15, 0.2) is 41.0 Å². The first-order chi connectivity index (χ1) is 19.0. The van der Waals surface area contributed by atoms with Crippen LogP contribution in [-0.4, -0.2) is 63.5 Å². The SMILES string of the molecule is CC(C)(C)C[C@@H]1N(C(C(N)=O)[C@H]2COC(C)(C)O2)[C@@H](C(=O)O)[C@H](c2cccc(Cl)c2F)[C@@]1(C#N)c1ccc(Br)cn1. The predicted octanol–water partition coefficient (Wildman–Crippen LogP) is 4.76. The minimum absolute atomic E-state index is 0.0437. The van der Waals surface area contributed by atoms with Gasteiger partial charge in [-0.2, -0.15) is 5.26 Å².